The Hall–Kier alpha value is -0.840. The van der Waals surface area contributed by atoms with Crippen LogP contribution in [0.1, 0.15) is 46.5 Å². The molecule has 1 saturated carbocycles. The third kappa shape index (κ3) is 3.19. The molecule has 1 saturated heterocycles. The second kappa shape index (κ2) is 4.93. The highest BCUT2D eigenvalue weighted by Gasteiger charge is 2.48. The summed E-state index contributed by atoms with van der Waals surface area (Å²) in [6.45, 7) is 6.81. The van der Waals surface area contributed by atoms with E-state index in [2.05, 4.69) is 0 Å². The highest BCUT2D eigenvalue weighted by atomic mass is 19.1. The molecule has 4 nitrogen and oxygen atoms in total. The van der Waals surface area contributed by atoms with E-state index in [1.54, 1.807) is 4.90 Å². The molecule has 1 heterocycles. The van der Waals surface area contributed by atoms with Crippen LogP contribution in [0.2, 0.25) is 0 Å². The SMILES string of the molecule is CC(C)(C)OC(=O)N1CCC2(CC1)C[C@H](F)C[C@H]2N. The number of alkyl halides is 1. The Morgan fingerprint density at radius 2 is 1.95 bits per heavy atom. The van der Waals surface area contributed by atoms with Crippen LogP contribution in [-0.2, 0) is 4.74 Å². The van der Waals surface area contributed by atoms with E-state index in [0.717, 1.165) is 12.8 Å². The highest BCUT2D eigenvalue weighted by molar-refractivity contribution is 5.68. The van der Waals surface area contributed by atoms with Gasteiger partial charge in [0.15, 0.2) is 0 Å². The third-order valence-electron chi connectivity index (χ3n) is 4.34. The molecule has 2 N–H and O–H groups in total. The van der Waals surface area contributed by atoms with Crippen LogP contribution in [0.15, 0.2) is 0 Å². The van der Waals surface area contributed by atoms with Gasteiger partial charge in [0.05, 0.1) is 0 Å². The summed E-state index contributed by atoms with van der Waals surface area (Å²) in [6.07, 6.45) is 1.54. The van der Waals surface area contributed by atoms with Gasteiger partial charge in [-0.2, -0.15) is 0 Å². The number of halogens is 1. The summed E-state index contributed by atoms with van der Waals surface area (Å²) in [4.78, 5) is 13.7. The molecule has 1 amide bonds. The fourth-order valence-electron chi connectivity index (χ4n) is 3.24. The van der Waals surface area contributed by atoms with E-state index >= 15 is 0 Å². The van der Waals surface area contributed by atoms with Gasteiger partial charge in [-0.25, -0.2) is 9.18 Å². The summed E-state index contributed by atoms with van der Waals surface area (Å²) in [5, 5.41) is 0. The smallest absolute Gasteiger partial charge is 0.410 e. The van der Waals surface area contributed by atoms with Crippen molar-refractivity contribution in [3.8, 4) is 0 Å². The maximum absolute atomic E-state index is 13.5. The number of hydrogen-bond donors (Lipinski definition) is 1. The van der Waals surface area contributed by atoms with Gasteiger partial charge in [0, 0.05) is 19.1 Å². The number of piperidine rings is 1. The van der Waals surface area contributed by atoms with Gasteiger partial charge < -0.3 is 15.4 Å². The minimum absolute atomic E-state index is 0.0664. The monoisotopic (exact) mass is 272 g/mol. The number of amides is 1. The lowest BCUT2D eigenvalue weighted by Gasteiger charge is -2.42. The average Bonchev–Trinajstić information content (AvgIpc) is 2.52. The van der Waals surface area contributed by atoms with Crippen LogP contribution in [0.4, 0.5) is 9.18 Å². The molecule has 5 heteroatoms. The Morgan fingerprint density at radius 3 is 2.37 bits per heavy atom. The summed E-state index contributed by atoms with van der Waals surface area (Å²) in [5.41, 5.74) is 5.51. The molecule has 0 bridgehead atoms. The van der Waals surface area contributed by atoms with Gasteiger partial charge >= 0.3 is 6.09 Å². The van der Waals surface area contributed by atoms with Crippen molar-refractivity contribution < 1.29 is 13.9 Å². The molecule has 2 aliphatic rings. The molecule has 1 aliphatic carbocycles. The van der Waals surface area contributed by atoms with Crippen LogP contribution < -0.4 is 5.73 Å². The van der Waals surface area contributed by atoms with Gasteiger partial charge in [0.25, 0.3) is 0 Å². The van der Waals surface area contributed by atoms with Gasteiger partial charge in [-0.1, -0.05) is 0 Å². The number of nitrogens with two attached hydrogens (primary N) is 1. The first kappa shape index (κ1) is 14.6. The van der Waals surface area contributed by atoms with Gasteiger partial charge in [-0.15, -0.1) is 0 Å². The lowest BCUT2D eigenvalue weighted by Crippen LogP contribution is -2.49. The zero-order valence-corrected chi connectivity index (χ0v) is 12.1. The van der Waals surface area contributed by atoms with Gasteiger partial charge in [-0.3, -0.25) is 0 Å². The second-order valence-corrected chi connectivity index (χ2v) is 6.97. The van der Waals surface area contributed by atoms with Crippen molar-refractivity contribution in [2.24, 2.45) is 11.1 Å². The third-order valence-corrected chi connectivity index (χ3v) is 4.34. The normalized spacial score (nSPS) is 30.7. The first-order valence-corrected chi connectivity index (χ1v) is 7.09. The maximum Gasteiger partial charge on any atom is 0.410 e. The summed E-state index contributed by atoms with van der Waals surface area (Å²) < 4.78 is 18.9. The van der Waals surface area contributed by atoms with Crippen LogP contribution >= 0.6 is 0 Å². The number of hydrogen-bond acceptors (Lipinski definition) is 3. The predicted molar refractivity (Wildman–Crippen MR) is 71.6 cm³/mol. The topological polar surface area (TPSA) is 55.6 Å². The molecule has 2 rings (SSSR count). The van der Waals surface area contributed by atoms with E-state index in [-0.39, 0.29) is 17.6 Å². The Bertz CT molecular complexity index is 346. The summed E-state index contributed by atoms with van der Waals surface area (Å²) in [6, 6.07) is -0.0664. The molecular weight excluding hydrogens is 247 g/mol. The van der Waals surface area contributed by atoms with Gasteiger partial charge in [-0.05, 0) is 51.9 Å². The summed E-state index contributed by atoms with van der Waals surface area (Å²) >= 11 is 0. The molecule has 0 aromatic carbocycles. The predicted octanol–water partition coefficient (Wildman–Crippen LogP) is 2.46. The van der Waals surface area contributed by atoms with Crippen LogP contribution in [0.25, 0.3) is 0 Å². The first-order chi connectivity index (χ1) is 8.72. The Morgan fingerprint density at radius 1 is 1.37 bits per heavy atom. The zero-order valence-electron chi connectivity index (χ0n) is 12.1. The Labute approximate surface area is 114 Å². The van der Waals surface area contributed by atoms with E-state index in [4.69, 9.17) is 10.5 Å². The lowest BCUT2D eigenvalue weighted by atomic mass is 9.74. The van der Waals surface area contributed by atoms with E-state index in [1.165, 1.54) is 0 Å². The average molecular weight is 272 g/mol. The number of nitrogens with zero attached hydrogens (tertiary/aromatic N) is 1. The zero-order chi connectivity index (χ0) is 14.3. The minimum atomic E-state index is -0.775. The molecule has 19 heavy (non-hydrogen) atoms. The number of likely N-dealkylation sites (tertiary alicyclic amines) is 1. The number of ether oxygens (including phenoxy) is 1. The van der Waals surface area contributed by atoms with E-state index in [1.807, 2.05) is 20.8 Å². The van der Waals surface area contributed by atoms with Gasteiger partial charge in [0.2, 0.25) is 0 Å². The fraction of sp³-hybridized carbons (Fsp3) is 0.929. The van der Waals surface area contributed by atoms with E-state index < -0.39 is 11.8 Å². The second-order valence-electron chi connectivity index (χ2n) is 6.97. The minimum Gasteiger partial charge on any atom is -0.444 e. The van der Waals surface area contributed by atoms with Crippen LogP contribution in [0.5, 0.6) is 0 Å². The summed E-state index contributed by atoms with van der Waals surface area (Å²) in [5.74, 6) is 0. The molecular formula is C14H25FN2O2. The lowest BCUT2D eigenvalue weighted by molar-refractivity contribution is 0.00828. The largest absolute Gasteiger partial charge is 0.444 e. The molecule has 2 fully saturated rings. The Balaban J connectivity index is 1.91. The Kier molecular flexibility index (Phi) is 3.78. The van der Waals surface area contributed by atoms with Crippen LogP contribution in [0, 0.1) is 5.41 Å². The van der Waals surface area contributed by atoms with Crippen molar-refractivity contribution in [2.75, 3.05) is 13.1 Å². The van der Waals surface area contributed by atoms with Crippen molar-refractivity contribution >= 4 is 6.09 Å². The van der Waals surface area contributed by atoms with Crippen LogP contribution in [-0.4, -0.2) is 41.9 Å². The first-order valence-electron chi connectivity index (χ1n) is 7.09. The molecule has 0 aromatic heterocycles. The number of rotatable bonds is 0. The number of carbonyl (C=O) groups is 1. The standard InChI is InChI=1S/C14H25FN2O2/c1-13(2,3)19-12(18)17-6-4-14(5-7-17)9-10(15)8-11(14)16/h10-11H,4-9,16H2,1-3H3/t10-,11-/m1/s1. The van der Waals surface area contributed by atoms with Crippen molar-refractivity contribution in [1.82, 2.24) is 4.90 Å². The van der Waals surface area contributed by atoms with Crippen LogP contribution in [0.3, 0.4) is 0 Å². The molecule has 0 aromatic rings. The van der Waals surface area contributed by atoms with E-state index in [9.17, 15) is 9.18 Å². The van der Waals surface area contributed by atoms with E-state index in [0.29, 0.717) is 25.9 Å². The van der Waals surface area contributed by atoms with Crippen molar-refractivity contribution in [1.29, 1.82) is 0 Å². The maximum atomic E-state index is 13.5. The van der Waals surface area contributed by atoms with Crippen molar-refractivity contribution in [3.63, 3.8) is 0 Å². The molecule has 1 spiro atoms. The van der Waals surface area contributed by atoms with Gasteiger partial charge in [0.1, 0.15) is 11.8 Å². The molecule has 2 atom stereocenters. The van der Waals surface area contributed by atoms with Crippen molar-refractivity contribution in [2.45, 2.75) is 64.3 Å². The highest BCUT2D eigenvalue weighted by Crippen LogP contribution is 2.46. The fourth-order valence-corrected chi connectivity index (χ4v) is 3.24. The molecule has 0 radical (unpaired) electrons. The quantitative estimate of drug-likeness (QED) is 0.737. The molecule has 0 unspecified atom stereocenters. The van der Waals surface area contributed by atoms with Crippen molar-refractivity contribution in [3.05, 3.63) is 0 Å². The summed E-state index contributed by atoms with van der Waals surface area (Å²) in [7, 11) is 0. The molecule has 110 valence electrons. The molecule has 1 aliphatic heterocycles. The number of carbonyl (C=O) groups excluding carboxylic acids is 1.